The summed E-state index contributed by atoms with van der Waals surface area (Å²) in [5.41, 5.74) is 5.89. The minimum absolute atomic E-state index is 0.00497. The largest absolute Gasteiger partial charge is 0.380 e. The van der Waals surface area contributed by atoms with E-state index in [-0.39, 0.29) is 23.4 Å². The summed E-state index contributed by atoms with van der Waals surface area (Å²) in [5, 5.41) is 2.87. The molecule has 16 heavy (non-hydrogen) atoms. The highest BCUT2D eigenvalue weighted by Crippen LogP contribution is 2.19. The van der Waals surface area contributed by atoms with Gasteiger partial charge in [0.1, 0.15) is 0 Å². The molecule has 0 spiro atoms. The number of carbonyl (C=O) groups excluding carboxylic acids is 1. The normalized spacial score (nSPS) is 15.6. The van der Waals surface area contributed by atoms with Crippen molar-refractivity contribution in [2.45, 2.75) is 53.1 Å². The lowest BCUT2D eigenvalue weighted by molar-refractivity contribution is -0.123. The first-order valence-corrected chi connectivity index (χ1v) is 5.90. The van der Waals surface area contributed by atoms with Crippen LogP contribution in [-0.4, -0.2) is 31.2 Å². The number of hydrogen-bond donors (Lipinski definition) is 2. The van der Waals surface area contributed by atoms with Crippen LogP contribution in [0.2, 0.25) is 0 Å². The number of ether oxygens (including phenoxy) is 1. The maximum Gasteiger partial charge on any atom is 0.221 e. The van der Waals surface area contributed by atoms with Crippen LogP contribution in [-0.2, 0) is 9.53 Å². The van der Waals surface area contributed by atoms with E-state index in [1.165, 1.54) is 0 Å². The Morgan fingerprint density at radius 1 is 1.44 bits per heavy atom. The van der Waals surface area contributed by atoms with Gasteiger partial charge in [0, 0.05) is 25.1 Å². The van der Waals surface area contributed by atoms with Crippen molar-refractivity contribution in [1.82, 2.24) is 5.32 Å². The summed E-state index contributed by atoms with van der Waals surface area (Å²) >= 11 is 0. The minimum atomic E-state index is -0.119. The molecule has 1 amide bonds. The maximum atomic E-state index is 11.6. The van der Waals surface area contributed by atoms with Crippen LogP contribution in [0.25, 0.3) is 0 Å². The van der Waals surface area contributed by atoms with Gasteiger partial charge in [-0.2, -0.15) is 0 Å². The van der Waals surface area contributed by atoms with Crippen LogP contribution in [0.15, 0.2) is 0 Å². The third-order valence-corrected chi connectivity index (χ3v) is 2.50. The molecule has 2 atom stereocenters. The molecule has 0 aromatic rings. The number of hydrogen-bond acceptors (Lipinski definition) is 3. The summed E-state index contributed by atoms with van der Waals surface area (Å²) in [6.07, 6.45) is 0.361. The van der Waals surface area contributed by atoms with E-state index in [0.717, 1.165) is 0 Å². The Balaban J connectivity index is 3.90. The minimum Gasteiger partial charge on any atom is -0.380 e. The van der Waals surface area contributed by atoms with E-state index in [2.05, 4.69) is 5.32 Å². The summed E-state index contributed by atoms with van der Waals surface area (Å²) in [7, 11) is 0. The number of amides is 1. The molecule has 0 saturated carbocycles. The molecule has 96 valence electrons. The number of nitrogens with two attached hydrogens (primary N) is 1. The Morgan fingerprint density at radius 3 is 2.44 bits per heavy atom. The fourth-order valence-electron chi connectivity index (χ4n) is 1.18. The first-order chi connectivity index (χ1) is 7.27. The van der Waals surface area contributed by atoms with Crippen molar-refractivity contribution in [2.24, 2.45) is 11.1 Å². The Labute approximate surface area is 98.9 Å². The molecule has 0 aromatic carbocycles. The Morgan fingerprint density at radius 2 is 2.00 bits per heavy atom. The highest BCUT2D eigenvalue weighted by molar-refractivity contribution is 5.76. The smallest absolute Gasteiger partial charge is 0.221 e. The number of nitrogens with one attached hydrogen (secondary N) is 1. The fraction of sp³-hybridized carbons (Fsp3) is 0.917. The third-order valence-electron chi connectivity index (χ3n) is 2.50. The Kier molecular flexibility index (Phi) is 6.60. The lowest BCUT2D eigenvalue weighted by atomic mass is 9.85. The predicted octanol–water partition coefficient (Wildman–Crippen LogP) is 1.29. The molecule has 2 unspecified atom stereocenters. The SMILES string of the molecule is CCOCC(C)NC(=O)CC(N)C(C)(C)C. The quantitative estimate of drug-likeness (QED) is 0.722. The van der Waals surface area contributed by atoms with Crippen molar-refractivity contribution < 1.29 is 9.53 Å². The molecular weight excluding hydrogens is 204 g/mol. The van der Waals surface area contributed by atoms with Gasteiger partial charge in [0.25, 0.3) is 0 Å². The summed E-state index contributed by atoms with van der Waals surface area (Å²) in [6.45, 7) is 11.2. The summed E-state index contributed by atoms with van der Waals surface area (Å²) < 4.78 is 5.22. The fourth-order valence-corrected chi connectivity index (χ4v) is 1.18. The first-order valence-electron chi connectivity index (χ1n) is 5.90. The van der Waals surface area contributed by atoms with Crippen molar-refractivity contribution in [2.75, 3.05) is 13.2 Å². The van der Waals surface area contributed by atoms with Gasteiger partial charge >= 0.3 is 0 Å². The van der Waals surface area contributed by atoms with Gasteiger partial charge in [-0.05, 0) is 19.3 Å². The summed E-state index contributed by atoms with van der Waals surface area (Å²) in [5.74, 6) is -0.00497. The maximum absolute atomic E-state index is 11.6. The number of rotatable bonds is 6. The predicted molar refractivity (Wildman–Crippen MR) is 66.1 cm³/mol. The van der Waals surface area contributed by atoms with Gasteiger partial charge in [-0.15, -0.1) is 0 Å². The molecule has 0 aliphatic rings. The van der Waals surface area contributed by atoms with Crippen molar-refractivity contribution in [1.29, 1.82) is 0 Å². The Bertz CT molecular complexity index is 212. The van der Waals surface area contributed by atoms with Crippen molar-refractivity contribution in [3.8, 4) is 0 Å². The lowest BCUT2D eigenvalue weighted by Gasteiger charge is -2.27. The van der Waals surface area contributed by atoms with Crippen LogP contribution in [0.4, 0.5) is 0 Å². The van der Waals surface area contributed by atoms with Crippen molar-refractivity contribution >= 4 is 5.91 Å². The van der Waals surface area contributed by atoms with Crippen LogP contribution in [0, 0.1) is 5.41 Å². The molecule has 0 rings (SSSR count). The molecular formula is C12H26N2O2. The molecule has 3 N–H and O–H groups in total. The molecule has 0 radical (unpaired) electrons. The zero-order valence-corrected chi connectivity index (χ0v) is 11.2. The molecule has 0 saturated heterocycles. The van der Waals surface area contributed by atoms with E-state index in [1.807, 2.05) is 34.6 Å². The van der Waals surface area contributed by atoms with E-state index in [1.54, 1.807) is 0 Å². The van der Waals surface area contributed by atoms with Crippen molar-refractivity contribution in [3.63, 3.8) is 0 Å². The zero-order chi connectivity index (χ0) is 12.8. The van der Waals surface area contributed by atoms with Gasteiger partial charge in [0.05, 0.1) is 6.61 Å². The highest BCUT2D eigenvalue weighted by Gasteiger charge is 2.23. The van der Waals surface area contributed by atoms with E-state index < -0.39 is 0 Å². The second-order valence-corrected chi connectivity index (χ2v) is 5.30. The highest BCUT2D eigenvalue weighted by atomic mass is 16.5. The average Bonchev–Trinajstić information content (AvgIpc) is 2.12. The van der Waals surface area contributed by atoms with Gasteiger partial charge in [0.15, 0.2) is 0 Å². The molecule has 0 fully saturated rings. The lowest BCUT2D eigenvalue weighted by Crippen LogP contribution is -2.43. The van der Waals surface area contributed by atoms with E-state index >= 15 is 0 Å². The first kappa shape index (κ1) is 15.4. The second-order valence-electron chi connectivity index (χ2n) is 5.30. The van der Waals surface area contributed by atoms with E-state index in [4.69, 9.17) is 10.5 Å². The molecule has 4 heteroatoms. The van der Waals surface area contributed by atoms with Crippen LogP contribution in [0.1, 0.15) is 41.0 Å². The zero-order valence-electron chi connectivity index (χ0n) is 11.2. The van der Waals surface area contributed by atoms with Crippen LogP contribution >= 0.6 is 0 Å². The van der Waals surface area contributed by atoms with Gasteiger partial charge in [-0.25, -0.2) is 0 Å². The topological polar surface area (TPSA) is 64.3 Å². The molecule has 0 aromatic heterocycles. The molecule has 0 aliphatic carbocycles. The van der Waals surface area contributed by atoms with Gasteiger partial charge in [-0.1, -0.05) is 20.8 Å². The molecule has 0 heterocycles. The molecule has 4 nitrogen and oxygen atoms in total. The van der Waals surface area contributed by atoms with Crippen LogP contribution in [0.5, 0.6) is 0 Å². The second kappa shape index (κ2) is 6.86. The summed E-state index contributed by atoms with van der Waals surface area (Å²) in [6, 6.07) is -0.0774. The van der Waals surface area contributed by atoms with Crippen LogP contribution in [0.3, 0.4) is 0 Å². The Hall–Kier alpha value is -0.610. The van der Waals surface area contributed by atoms with Crippen LogP contribution < -0.4 is 11.1 Å². The summed E-state index contributed by atoms with van der Waals surface area (Å²) in [4.78, 5) is 11.6. The van der Waals surface area contributed by atoms with Crippen molar-refractivity contribution in [3.05, 3.63) is 0 Å². The third kappa shape index (κ3) is 6.80. The standard InChI is InChI=1S/C12H26N2O2/c1-6-16-8-9(2)14-11(15)7-10(13)12(3,4)5/h9-10H,6-8,13H2,1-5H3,(H,14,15). The number of carbonyl (C=O) groups is 1. The molecule has 0 aliphatic heterocycles. The van der Waals surface area contributed by atoms with E-state index in [9.17, 15) is 4.79 Å². The van der Waals surface area contributed by atoms with Gasteiger partial charge in [-0.3, -0.25) is 4.79 Å². The average molecular weight is 230 g/mol. The van der Waals surface area contributed by atoms with E-state index in [0.29, 0.717) is 19.6 Å². The molecule has 0 bridgehead atoms. The van der Waals surface area contributed by atoms with Gasteiger partial charge in [0.2, 0.25) is 5.91 Å². The monoisotopic (exact) mass is 230 g/mol. The van der Waals surface area contributed by atoms with Gasteiger partial charge < -0.3 is 15.8 Å².